The Kier molecular flexibility index (Phi) is 4.12. The van der Waals surface area contributed by atoms with Gasteiger partial charge in [-0.1, -0.05) is 0 Å². The lowest BCUT2D eigenvalue weighted by Gasteiger charge is -2.19. The first-order valence-corrected chi connectivity index (χ1v) is 8.91. The van der Waals surface area contributed by atoms with Gasteiger partial charge in [0.1, 0.15) is 34.6 Å². The molecule has 2 aromatic heterocycles. The molecule has 1 aliphatic heterocycles. The Labute approximate surface area is 153 Å². The van der Waals surface area contributed by atoms with E-state index < -0.39 is 0 Å². The fraction of sp³-hybridized carbons (Fsp3) is 0.278. The zero-order valence-electron chi connectivity index (χ0n) is 14.6. The molecule has 1 N–H and O–H groups in total. The number of carbonyl (C=O) groups is 1. The highest BCUT2D eigenvalue weighted by Crippen LogP contribution is 2.37. The Hall–Kier alpha value is -2.87. The Morgan fingerprint density at radius 3 is 2.73 bits per heavy atom. The van der Waals surface area contributed by atoms with Crippen molar-refractivity contribution < 1.29 is 19.0 Å². The third kappa shape index (κ3) is 2.82. The van der Waals surface area contributed by atoms with E-state index in [0.29, 0.717) is 35.5 Å². The number of thiophene rings is 1. The smallest absolute Gasteiger partial charge is 0.348 e. The Balaban J connectivity index is 1.78. The van der Waals surface area contributed by atoms with Crippen molar-refractivity contribution in [1.82, 2.24) is 9.97 Å². The first-order valence-electron chi connectivity index (χ1n) is 8.09. The van der Waals surface area contributed by atoms with Crippen LogP contribution < -0.4 is 14.8 Å². The molecule has 4 rings (SSSR count). The van der Waals surface area contributed by atoms with E-state index in [4.69, 9.17) is 14.2 Å². The van der Waals surface area contributed by atoms with Gasteiger partial charge in [0.05, 0.1) is 12.5 Å². The van der Waals surface area contributed by atoms with Crippen LogP contribution in [-0.4, -0.2) is 36.3 Å². The molecule has 0 saturated carbocycles. The van der Waals surface area contributed by atoms with Crippen molar-refractivity contribution in [2.24, 2.45) is 0 Å². The van der Waals surface area contributed by atoms with Gasteiger partial charge >= 0.3 is 5.97 Å². The summed E-state index contributed by atoms with van der Waals surface area (Å²) in [5.41, 5.74) is 1.62. The van der Waals surface area contributed by atoms with Crippen molar-refractivity contribution in [2.45, 2.75) is 13.8 Å². The molecule has 0 spiro atoms. The number of benzene rings is 1. The number of nitrogens with zero attached hydrogens (tertiary/aromatic N) is 2. The van der Waals surface area contributed by atoms with Crippen LogP contribution in [0.15, 0.2) is 18.2 Å². The van der Waals surface area contributed by atoms with Gasteiger partial charge in [-0.2, -0.15) is 0 Å². The lowest BCUT2D eigenvalue weighted by atomic mass is 10.2. The van der Waals surface area contributed by atoms with Crippen molar-refractivity contribution in [1.29, 1.82) is 0 Å². The molecule has 0 unspecified atom stereocenters. The Morgan fingerprint density at radius 2 is 1.96 bits per heavy atom. The highest BCUT2D eigenvalue weighted by molar-refractivity contribution is 7.20. The molecule has 0 radical (unpaired) electrons. The molecule has 0 bridgehead atoms. The highest BCUT2D eigenvalue weighted by Gasteiger charge is 2.21. The molecule has 8 heteroatoms. The molecular weight excluding hydrogens is 354 g/mol. The van der Waals surface area contributed by atoms with Crippen LogP contribution in [-0.2, 0) is 4.74 Å². The average molecular weight is 371 g/mol. The quantitative estimate of drug-likeness (QED) is 0.704. The van der Waals surface area contributed by atoms with Crippen molar-refractivity contribution in [3.05, 3.63) is 34.5 Å². The molecule has 3 aromatic rings. The van der Waals surface area contributed by atoms with Gasteiger partial charge in [-0.15, -0.1) is 11.3 Å². The SMILES string of the molecule is COC(=O)c1sc2nc(C)nc(Nc3ccc4c(c3)OCCO4)c2c1C. The number of rotatable bonds is 3. The van der Waals surface area contributed by atoms with Gasteiger partial charge in [-0.05, 0) is 31.5 Å². The maximum atomic E-state index is 12.0. The first-order chi connectivity index (χ1) is 12.6. The van der Waals surface area contributed by atoms with Crippen molar-refractivity contribution in [3.8, 4) is 11.5 Å². The van der Waals surface area contributed by atoms with E-state index in [1.807, 2.05) is 32.0 Å². The largest absolute Gasteiger partial charge is 0.486 e. The van der Waals surface area contributed by atoms with Gasteiger partial charge < -0.3 is 19.5 Å². The summed E-state index contributed by atoms with van der Waals surface area (Å²) < 4.78 is 16.1. The Morgan fingerprint density at radius 1 is 1.19 bits per heavy atom. The summed E-state index contributed by atoms with van der Waals surface area (Å²) >= 11 is 1.31. The lowest BCUT2D eigenvalue weighted by Crippen LogP contribution is -2.15. The number of fused-ring (bicyclic) bond motifs is 2. The number of hydrogen-bond donors (Lipinski definition) is 1. The summed E-state index contributed by atoms with van der Waals surface area (Å²) in [4.78, 5) is 22.3. The maximum absolute atomic E-state index is 12.0. The zero-order chi connectivity index (χ0) is 18.3. The fourth-order valence-corrected chi connectivity index (χ4v) is 4.03. The van der Waals surface area contributed by atoms with E-state index in [0.717, 1.165) is 27.2 Å². The van der Waals surface area contributed by atoms with E-state index in [1.165, 1.54) is 18.4 Å². The molecule has 3 heterocycles. The second-order valence-electron chi connectivity index (χ2n) is 5.83. The van der Waals surface area contributed by atoms with Crippen LogP contribution >= 0.6 is 11.3 Å². The summed E-state index contributed by atoms with van der Waals surface area (Å²) in [5.74, 6) is 2.32. The zero-order valence-corrected chi connectivity index (χ0v) is 15.4. The van der Waals surface area contributed by atoms with Gasteiger partial charge in [0.2, 0.25) is 0 Å². The predicted molar refractivity (Wildman–Crippen MR) is 98.9 cm³/mol. The van der Waals surface area contributed by atoms with Crippen molar-refractivity contribution >= 4 is 39.0 Å². The number of anilines is 2. The molecule has 1 aromatic carbocycles. The first kappa shape index (κ1) is 16.6. The number of hydrogen-bond acceptors (Lipinski definition) is 8. The van der Waals surface area contributed by atoms with Gasteiger partial charge in [-0.25, -0.2) is 14.8 Å². The normalized spacial score (nSPS) is 12.9. The van der Waals surface area contributed by atoms with Crippen LogP contribution in [0.5, 0.6) is 11.5 Å². The van der Waals surface area contributed by atoms with Gasteiger partial charge in [0.15, 0.2) is 11.5 Å². The van der Waals surface area contributed by atoms with Crippen LogP contribution in [0.1, 0.15) is 21.1 Å². The molecule has 0 aliphatic carbocycles. The summed E-state index contributed by atoms with van der Waals surface area (Å²) in [5, 5.41) is 4.13. The Bertz CT molecular complexity index is 1020. The van der Waals surface area contributed by atoms with Crippen LogP contribution in [0.25, 0.3) is 10.2 Å². The minimum absolute atomic E-state index is 0.367. The van der Waals surface area contributed by atoms with Crippen molar-refractivity contribution in [3.63, 3.8) is 0 Å². The van der Waals surface area contributed by atoms with Crippen LogP contribution in [0.2, 0.25) is 0 Å². The summed E-state index contributed by atoms with van der Waals surface area (Å²) in [6, 6.07) is 5.64. The van der Waals surface area contributed by atoms with Gasteiger partial charge in [0.25, 0.3) is 0 Å². The van der Waals surface area contributed by atoms with Crippen molar-refractivity contribution in [2.75, 3.05) is 25.6 Å². The number of ether oxygens (including phenoxy) is 3. The molecule has 0 fully saturated rings. The van der Waals surface area contributed by atoms with Gasteiger partial charge in [0, 0.05) is 11.8 Å². The number of aryl methyl sites for hydroxylation is 2. The second kappa shape index (κ2) is 6.45. The molecule has 26 heavy (non-hydrogen) atoms. The lowest BCUT2D eigenvalue weighted by molar-refractivity contribution is 0.0605. The van der Waals surface area contributed by atoms with E-state index in [2.05, 4.69) is 15.3 Å². The second-order valence-corrected chi connectivity index (χ2v) is 6.83. The number of esters is 1. The van der Waals surface area contributed by atoms with E-state index in [-0.39, 0.29) is 5.97 Å². The maximum Gasteiger partial charge on any atom is 0.348 e. The number of aromatic nitrogens is 2. The number of nitrogens with one attached hydrogen (secondary N) is 1. The molecule has 0 atom stereocenters. The monoisotopic (exact) mass is 371 g/mol. The summed E-state index contributed by atoms with van der Waals surface area (Å²) in [6.45, 7) is 4.77. The minimum atomic E-state index is -0.367. The third-order valence-electron chi connectivity index (χ3n) is 4.08. The summed E-state index contributed by atoms with van der Waals surface area (Å²) in [6.07, 6.45) is 0. The fourth-order valence-electron chi connectivity index (χ4n) is 2.88. The van der Waals surface area contributed by atoms with E-state index in [9.17, 15) is 4.79 Å². The minimum Gasteiger partial charge on any atom is -0.486 e. The molecular formula is C18H17N3O4S. The number of carbonyl (C=O) groups excluding carboxylic acids is 1. The predicted octanol–water partition coefficient (Wildman–Crippen LogP) is 3.61. The molecule has 0 amide bonds. The average Bonchev–Trinajstić information content (AvgIpc) is 2.97. The standard InChI is InChI=1S/C18H17N3O4S/c1-9-14-16(19-10(2)20-17(14)26-15(9)18(22)23-3)21-11-4-5-12-13(8-11)25-7-6-24-12/h4-5,8H,6-7H2,1-3H3,(H,19,20,21). The third-order valence-corrected chi connectivity index (χ3v) is 5.24. The molecule has 134 valence electrons. The van der Waals surface area contributed by atoms with E-state index in [1.54, 1.807) is 0 Å². The van der Waals surface area contributed by atoms with Gasteiger partial charge in [-0.3, -0.25) is 0 Å². The molecule has 0 saturated heterocycles. The van der Waals surface area contributed by atoms with Crippen LogP contribution in [0.3, 0.4) is 0 Å². The molecule has 1 aliphatic rings. The molecule has 7 nitrogen and oxygen atoms in total. The summed E-state index contributed by atoms with van der Waals surface area (Å²) in [7, 11) is 1.37. The number of methoxy groups -OCH3 is 1. The highest BCUT2D eigenvalue weighted by atomic mass is 32.1. The van der Waals surface area contributed by atoms with E-state index >= 15 is 0 Å². The van der Waals surface area contributed by atoms with Crippen LogP contribution in [0, 0.1) is 13.8 Å². The topological polar surface area (TPSA) is 82.6 Å². The van der Waals surface area contributed by atoms with Crippen LogP contribution in [0.4, 0.5) is 11.5 Å².